The SMILES string of the molecule is CCCNCC(Cc1cccs1)c1cccc(C)c1. The second-order valence-corrected chi connectivity index (χ2v) is 6.13. The largest absolute Gasteiger partial charge is 0.316 e. The minimum Gasteiger partial charge on any atom is -0.316 e. The maximum Gasteiger partial charge on any atom is 0.00517 e. The van der Waals surface area contributed by atoms with Crippen molar-refractivity contribution in [2.24, 2.45) is 0 Å². The Kier molecular flexibility index (Phi) is 5.62. The molecular formula is C17H23NS. The molecule has 1 atom stereocenters. The van der Waals surface area contributed by atoms with Crippen LogP contribution in [0.25, 0.3) is 0 Å². The van der Waals surface area contributed by atoms with E-state index in [1.807, 2.05) is 11.3 Å². The molecule has 102 valence electrons. The second kappa shape index (κ2) is 7.46. The molecule has 0 aliphatic carbocycles. The molecule has 0 aliphatic heterocycles. The molecule has 0 bridgehead atoms. The van der Waals surface area contributed by atoms with Gasteiger partial charge >= 0.3 is 0 Å². The summed E-state index contributed by atoms with van der Waals surface area (Å²) < 4.78 is 0. The first-order chi connectivity index (χ1) is 9.29. The zero-order valence-electron chi connectivity index (χ0n) is 11.9. The molecule has 0 saturated carbocycles. The molecule has 0 aliphatic rings. The second-order valence-electron chi connectivity index (χ2n) is 5.10. The van der Waals surface area contributed by atoms with Crippen molar-refractivity contribution in [2.75, 3.05) is 13.1 Å². The highest BCUT2D eigenvalue weighted by atomic mass is 32.1. The summed E-state index contributed by atoms with van der Waals surface area (Å²) in [7, 11) is 0. The van der Waals surface area contributed by atoms with E-state index in [0.717, 1.165) is 19.5 Å². The van der Waals surface area contributed by atoms with Gasteiger partial charge in [-0.1, -0.05) is 42.8 Å². The van der Waals surface area contributed by atoms with E-state index >= 15 is 0 Å². The Morgan fingerprint density at radius 1 is 1.21 bits per heavy atom. The van der Waals surface area contributed by atoms with E-state index in [9.17, 15) is 0 Å². The number of nitrogens with one attached hydrogen (secondary N) is 1. The lowest BCUT2D eigenvalue weighted by atomic mass is 9.93. The summed E-state index contributed by atoms with van der Waals surface area (Å²) >= 11 is 1.86. The lowest BCUT2D eigenvalue weighted by molar-refractivity contribution is 0.579. The van der Waals surface area contributed by atoms with Gasteiger partial charge in [0.15, 0.2) is 0 Å². The van der Waals surface area contributed by atoms with Gasteiger partial charge in [-0.2, -0.15) is 0 Å². The highest BCUT2D eigenvalue weighted by Gasteiger charge is 2.12. The smallest absolute Gasteiger partial charge is 0.00517 e. The van der Waals surface area contributed by atoms with Crippen molar-refractivity contribution in [2.45, 2.75) is 32.6 Å². The fraction of sp³-hybridized carbons (Fsp3) is 0.412. The van der Waals surface area contributed by atoms with E-state index in [-0.39, 0.29) is 0 Å². The predicted octanol–water partition coefficient (Wildman–Crippen LogP) is 4.38. The van der Waals surface area contributed by atoms with Crippen LogP contribution in [0.5, 0.6) is 0 Å². The van der Waals surface area contributed by atoms with Crippen molar-refractivity contribution in [3.8, 4) is 0 Å². The Morgan fingerprint density at radius 2 is 2.11 bits per heavy atom. The molecule has 1 heterocycles. The first-order valence-corrected chi connectivity index (χ1v) is 7.97. The van der Waals surface area contributed by atoms with Gasteiger partial charge in [0, 0.05) is 17.3 Å². The Balaban J connectivity index is 2.08. The Morgan fingerprint density at radius 3 is 2.79 bits per heavy atom. The highest BCUT2D eigenvalue weighted by Crippen LogP contribution is 2.23. The molecular weight excluding hydrogens is 250 g/mol. The van der Waals surface area contributed by atoms with Crippen molar-refractivity contribution < 1.29 is 0 Å². The van der Waals surface area contributed by atoms with Gasteiger partial charge in [-0.15, -0.1) is 11.3 Å². The Labute approximate surface area is 120 Å². The summed E-state index contributed by atoms with van der Waals surface area (Å²) in [6, 6.07) is 13.3. The van der Waals surface area contributed by atoms with Crippen LogP contribution in [-0.4, -0.2) is 13.1 Å². The molecule has 0 radical (unpaired) electrons. The summed E-state index contributed by atoms with van der Waals surface area (Å²) in [5.74, 6) is 0.574. The maximum atomic E-state index is 3.57. The molecule has 0 saturated heterocycles. The molecule has 0 amide bonds. The third kappa shape index (κ3) is 4.48. The summed E-state index contributed by atoms with van der Waals surface area (Å²) in [5.41, 5.74) is 2.81. The van der Waals surface area contributed by atoms with Crippen LogP contribution in [-0.2, 0) is 6.42 Å². The van der Waals surface area contributed by atoms with Crippen molar-refractivity contribution >= 4 is 11.3 Å². The van der Waals surface area contributed by atoms with Crippen LogP contribution in [0.4, 0.5) is 0 Å². The first kappa shape index (κ1) is 14.3. The van der Waals surface area contributed by atoms with Gasteiger partial charge in [-0.3, -0.25) is 0 Å². The summed E-state index contributed by atoms with van der Waals surface area (Å²) in [6.07, 6.45) is 2.33. The number of thiophene rings is 1. The molecule has 1 unspecified atom stereocenters. The third-order valence-electron chi connectivity index (χ3n) is 3.36. The van der Waals surface area contributed by atoms with Gasteiger partial charge in [0.2, 0.25) is 0 Å². The number of aryl methyl sites for hydroxylation is 1. The normalized spacial score (nSPS) is 12.5. The molecule has 1 aromatic heterocycles. The lowest BCUT2D eigenvalue weighted by Crippen LogP contribution is -2.23. The standard InChI is InChI=1S/C17H23NS/c1-3-9-18-13-16(12-17-8-5-10-19-17)15-7-4-6-14(2)11-15/h4-8,10-11,16,18H,3,9,12-13H2,1-2H3. The molecule has 0 spiro atoms. The van der Waals surface area contributed by atoms with Gasteiger partial charge in [-0.05, 0) is 43.3 Å². The van der Waals surface area contributed by atoms with Gasteiger partial charge in [0.25, 0.3) is 0 Å². The van der Waals surface area contributed by atoms with Crippen LogP contribution in [0.3, 0.4) is 0 Å². The fourth-order valence-corrected chi connectivity index (χ4v) is 3.14. The van der Waals surface area contributed by atoms with Gasteiger partial charge < -0.3 is 5.32 Å². The average Bonchev–Trinajstić information content (AvgIpc) is 2.91. The number of rotatable bonds is 7. The molecule has 1 aromatic carbocycles. The summed E-state index contributed by atoms with van der Waals surface area (Å²) in [5, 5.41) is 5.74. The van der Waals surface area contributed by atoms with Crippen LogP contribution in [0.15, 0.2) is 41.8 Å². The van der Waals surface area contributed by atoms with Crippen molar-refractivity contribution in [3.05, 3.63) is 57.8 Å². The van der Waals surface area contributed by atoms with Crippen molar-refractivity contribution in [1.82, 2.24) is 5.32 Å². The van der Waals surface area contributed by atoms with E-state index in [2.05, 4.69) is 60.9 Å². The average molecular weight is 273 g/mol. The molecule has 0 fully saturated rings. The number of hydrogen-bond acceptors (Lipinski definition) is 2. The minimum atomic E-state index is 0.574. The van der Waals surface area contributed by atoms with Crippen LogP contribution in [0.1, 0.15) is 35.3 Å². The Bertz CT molecular complexity index is 476. The Hall–Kier alpha value is -1.12. The number of benzene rings is 1. The molecule has 2 rings (SSSR count). The van der Waals surface area contributed by atoms with Crippen LogP contribution >= 0.6 is 11.3 Å². The van der Waals surface area contributed by atoms with E-state index < -0.39 is 0 Å². The number of hydrogen-bond donors (Lipinski definition) is 1. The van der Waals surface area contributed by atoms with Crippen molar-refractivity contribution in [1.29, 1.82) is 0 Å². The molecule has 1 nitrogen and oxygen atoms in total. The van der Waals surface area contributed by atoms with E-state index in [0.29, 0.717) is 5.92 Å². The summed E-state index contributed by atoms with van der Waals surface area (Å²) in [6.45, 7) is 6.56. The van der Waals surface area contributed by atoms with Gasteiger partial charge in [0.1, 0.15) is 0 Å². The van der Waals surface area contributed by atoms with Crippen LogP contribution < -0.4 is 5.32 Å². The van der Waals surface area contributed by atoms with Crippen LogP contribution in [0.2, 0.25) is 0 Å². The van der Waals surface area contributed by atoms with Crippen molar-refractivity contribution in [3.63, 3.8) is 0 Å². The molecule has 1 N–H and O–H groups in total. The van der Waals surface area contributed by atoms with E-state index in [1.165, 1.54) is 22.4 Å². The zero-order chi connectivity index (χ0) is 13.5. The minimum absolute atomic E-state index is 0.574. The molecule has 2 heteroatoms. The molecule has 19 heavy (non-hydrogen) atoms. The maximum absolute atomic E-state index is 3.57. The van der Waals surface area contributed by atoms with Crippen LogP contribution in [0, 0.1) is 6.92 Å². The lowest BCUT2D eigenvalue weighted by Gasteiger charge is -2.18. The first-order valence-electron chi connectivity index (χ1n) is 7.09. The third-order valence-corrected chi connectivity index (χ3v) is 4.26. The van der Waals surface area contributed by atoms with Gasteiger partial charge in [-0.25, -0.2) is 0 Å². The molecule has 2 aromatic rings. The quantitative estimate of drug-likeness (QED) is 0.738. The topological polar surface area (TPSA) is 12.0 Å². The fourth-order valence-electron chi connectivity index (χ4n) is 2.36. The van der Waals surface area contributed by atoms with E-state index in [4.69, 9.17) is 0 Å². The van der Waals surface area contributed by atoms with E-state index in [1.54, 1.807) is 0 Å². The predicted molar refractivity (Wildman–Crippen MR) is 85.1 cm³/mol. The zero-order valence-corrected chi connectivity index (χ0v) is 12.7. The summed E-state index contributed by atoms with van der Waals surface area (Å²) in [4.78, 5) is 1.48. The van der Waals surface area contributed by atoms with Gasteiger partial charge in [0.05, 0.1) is 0 Å². The monoisotopic (exact) mass is 273 g/mol. The highest BCUT2D eigenvalue weighted by molar-refractivity contribution is 7.09.